The average molecular weight is 236 g/mol. The van der Waals surface area contributed by atoms with Crippen LogP contribution in [0.25, 0.3) is 0 Å². The minimum absolute atomic E-state index is 0.0936. The average Bonchev–Trinajstić information content (AvgIpc) is 2.51. The Morgan fingerprint density at radius 3 is 3.00 bits per heavy atom. The number of hydrogen-bond donors (Lipinski definition) is 2. The zero-order chi connectivity index (χ0) is 12.3. The van der Waals surface area contributed by atoms with Crippen LogP contribution < -0.4 is 16.6 Å². The van der Waals surface area contributed by atoms with Crippen molar-refractivity contribution in [3.8, 4) is 0 Å². The van der Waals surface area contributed by atoms with Gasteiger partial charge in [-0.3, -0.25) is 4.79 Å². The minimum atomic E-state index is -0.0936. The first-order valence-electron chi connectivity index (χ1n) is 6.22. The summed E-state index contributed by atoms with van der Waals surface area (Å²) in [5.74, 6) is 0.414. The van der Waals surface area contributed by atoms with Crippen LogP contribution >= 0.6 is 0 Å². The highest BCUT2D eigenvalue weighted by molar-refractivity contribution is 5.32. The van der Waals surface area contributed by atoms with Gasteiger partial charge in [0.15, 0.2) is 5.82 Å². The van der Waals surface area contributed by atoms with Crippen LogP contribution in [0.1, 0.15) is 32.1 Å². The van der Waals surface area contributed by atoms with Gasteiger partial charge in [-0.25, -0.2) is 4.98 Å². The van der Waals surface area contributed by atoms with Crippen molar-refractivity contribution in [3.63, 3.8) is 0 Å². The Balaban J connectivity index is 2.13. The topological polar surface area (TPSA) is 72.9 Å². The molecule has 5 heteroatoms. The number of nitrogens with zero attached hydrogens (tertiary/aromatic N) is 2. The van der Waals surface area contributed by atoms with Crippen molar-refractivity contribution in [2.45, 2.75) is 44.2 Å². The lowest BCUT2D eigenvalue weighted by Crippen LogP contribution is -2.41. The zero-order valence-electron chi connectivity index (χ0n) is 10.2. The number of anilines is 1. The van der Waals surface area contributed by atoms with Crippen LogP contribution in [0.3, 0.4) is 0 Å². The molecule has 1 saturated carbocycles. The van der Waals surface area contributed by atoms with E-state index in [1.807, 2.05) is 0 Å². The van der Waals surface area contributed by atoms with Crippen LogP contribution in [-0.4, -0.2) is 21.6 Å². The van der Waals surface area contributed by atoms with Gasteiger partial charge in [0, 0.05) is 31.5 Å². The first kappa shape index (κ1) is 12.1. The van der Waals surface area contributed by atoms with E-state index in [9.17, 15) is 4.79 Å². The van der Waals surface area contributed by atoms with Gasteiger partial charge in [-0.2, -0.15) is 0 Å². The van der Waals surface area contributed by atoms with Crippen molar-refractivity contribution in [3.05, 3.63) is 22.7 Å². The van der Waals surface area contributed by atoms with Crippen molar-refractivity contribution >= 4 is 5.82 Å². The Bertz CT molecular complexity index is 429. The Hall–Kier alpha value is -1.36. The smallest absolute Gasteiger partial charge is 0.293 e. The Kier molecular flexibility index (Phi) is 3.78. The number of nitrogens with two attached hydrogens (primary N) is 1. The molecule has 2 unspecified atom stereocenters. The molecule has 1 fully saturated rings. The molecule has 1 aliphatic carbocycles. The summed E-state index contributed by atoms with van der Waals surface area (Å²) in [4.78, 5) is 15.9. The normalized spacial score (nSPS) is 25.3. The molecular formula is C12H20N4O. The summed E-state index contributed by atoms with van der Waals surface area (Å²) in [6.07, 6.45) is 8.89. The summed E-state index contributed by atoms with van der Waals surface area (Å²) < 4.78 is 1.53. The lowest BCUT2D eigenvalue weighted by molar-refractivity contribution is 0.526. The molecule has 0 spiro atoms. The zero-order valence-corrected chi connectivity index (χ0v) is 10.2. The molecule has 1 heterocycles. The molecule has 94 valence electrons. The van der Waals surface area contributed by atoms with Crippen LogP contribution in [0.4, 0.5) is 5.82 Å². The van der Waals surface area contributed by atoms with E-state index in [1.54, 1.807) is 19.4 Å². The Morgan fingerprint density at radius 1 is 1.41 bits per heavy atom. The highest BCUT2D eigenvalue weighted by Crippen LogP contribution is 2.18. The standard InChI is InChI=1S/C12H20N4O/c1-16-8-7-14-11(12(16)17)15-10-6-4-2-3-5-9(10)13/h7-10H,2-6,13H2,1H3,(H,14,15). The molecule has 5 nitrogen and oxygen atoms in total. The first-order chi connectivity index (χ1) is 8.18. The van der Waals surface area contributed by atoms with E-state index in [4.69, 9.17) is 5.73 Å². The van der Waals surface area contributed by atoms with Gasteiger partial charge >= 0.3 is 0 Å². The van der Waals surface area contributed by atoms with E-state index < -0.39 is 0 Å². The first-order valence-corrected chi connectivity index (χ1v) is 6.22. The molecular weight excluding hydrogens is 216 g/mol. The summed E-state index contributed by atoms with van der Waals surface area (Å²) in [5.41, 5.74) is 6.02. The molecule has 17 heavy (non-hydrogen) atoms. The van der Waals surface area contributed by atoms with E-state index in [2.05, 4.69) is 10.3 Å². The van der Waals surface area contributed by atoms with Gasteiger partial charge in [-0.05, 0) is 12.8 Å². The predicted molar refractivity (Wildman–Crippen MR) is 67.9 cm³/mol. The van der Waals surface area contributed by atoms with Crippen LogP contribution in [0.5, 0.6) is 0 Å². The van der Waals surface area contributed by atoms with Crippen LogP contribution in [0.2, 0.25) is 0 Å². The Morgan fingerprint density at radius 2 is 2.18 bits per heavy atom. The number of hydrogen-bond acceptors (Lipinski definition) is 4. The molecule has 0 radical (unpaired) electrons. The molecule has 2 atom stereocenters. The maximum Gasteiger partial charge on any atom is 0.293 e. The summed E-state index contributed by atoms with van der Waals surface area (Å²) in [6.45, 7) is 0. The van der Waals surface area contributed by atoms with Gasteiger partial charge in [0.2, 0.25) is 0 Å². The van der Waals surface area contributed by atoms with Crippen LogP contribution in [-0.2, 0) is 7.05 Å². The second kappa shape index (κ2) is 5.31. The van der Waals surface area contributed by atoms with E-state index in [0.717, 1.165) is 12.8 Å². The van der Waals surface area contributed by atoms with Crippen molar-refractivity contribution in [1.29, 1.82) is 0 Å². The van der Waals surface area contributed by atoms with Gasteiger partial charge in [-0.15, -0.1) is 0 Å². The van der Waals surface area contributed by atoms with Crippen molar-refractivity contribution in [2.75, 3.05) is 5.32 Å². The molecule has 2 rings (SSSR count). The van der Waals surface area contributed by atoms with Gasteiger partial charge in [0.05, 0.1) is 0 Å². The fourth-order valence-corrected chi connectivity index (χ4v) is 2.29. The molecule has 1 aliphatic rings. The van der Waals surface area contributed by atoms with Crippen LogP contribution in [0, 0.1) is 0 Å². The third-order valence-electron chi connectivity index (χ3n) is 3.41. The molecule has 0 aliphatic heterocycles. The molecule has 0 amide bonds. The Labute approximate surface area is 101 Å². The third-order valence-corrected chi connectivity index (χ3v) is 3.41. The lowest BCUT2D eigenvalue weighted by atomic mass is 10.0. The van der Waals surface area contributed by atoms with Crippen molar-refractivity contribution in [2.24, 2.45) is 12.8 Å². The van der Waals surface area contributed by atoms with E-state index in [-0.39, 0.29) is 17.6 Å². The minimum Gasteiger partial charge on any atom is -0.361 e. The van der Waals surface area contributed by atoms with Crippen molar-refractivity contribution < 1.29 is 0 Å². The van der Waals surface area contributed by atoms with E-state index in [1.165, 1.54) is 23.8 Å². The summed E-state index contributed by atoms with van der Waals surface area (Å²) in [6, 6.07) is 0.282. The number of rotatable bonds is 2. The molecule has 1 aromatic heterocycles. The highest BCUT2D eigenvalue weighted by atomic mass is 16.1. The summed E-state index contributed by atoms with van der Waals surface area (Å²) >= 11 is 0. The van der Waals surface area contributed by atoms with E-state index >= 15 is 0 Å². The monoisotopic (exact) mass is 236 g/mol. The van der Waals surface area contributed by atoms with Gasteiger partial charge in [-0.1, -0.05) is 19.3 Å². The number of aryl methyl sites for hydroxylation is 1. The molecule has 0 aromatic carbocycles. The summed E-state index contributed by atoms with van der Waals surface area (Å²) in [7, 11) is 1.72. The maximum absolute atomic E-state index is 11.8. The van der Waals surface area contributed by atoms with Crippen LogP contribution in [0.15, 0.2) is 17.2 Å². The second-order valence-electron chi connectivity index (χ2n) is 4.74. The van der Waals surface area contributed by atoms with Gasteiger partial charge < -0.3 is 15.6 Å². The fourth-order valence-electron chi connectivity index (χ4n) is 2.29. The fraction of sp³-hybridized carbons (Fsp3) is 0.667. The SMILES string of the molecule is Cn1ccnc(NC2CCCCCC2N)c1=O. The quantitative estimate of drug-likeness (QED) is 0.747. The largest absolute Gasteiger partial charge is 0.361 e. The van der Waals surface area contributed by atoms with Gasteiger partial charge in [0.1, 0.15) is 0 Å². The van der Waals surface area contributed by atoms with Crippen molar-refractivity contribution in [1.82, 2.24) is 9.55 Å². The number of aromatic nitrogens is 2. The van der Waals surface area contributed by atoms with Gasteiger partial charge in [0.25, 0.3) is 5.56 Å². The van der Waals surface area contributed by atoms with E-state index in [0.29, 0.717) is 5.82 Å². The number of nitrogens with one attached hydrogen (secondary N) is 1. The second-order valence-corrected chi connectivity index (χ2v) is 4.74. The molecule has 0 saturated heterocycles. The lowest BCUT2D eigenvalue weighted by Gasteiger charge is -2.22. The maximum atomic E-state index is 11.8. The molecule has 1 aromatic rings. The highest BCUT2D eigenvalue weighted by Gasteiger charge is 2.21. The summed E-state index contributed by atoms with van der Waals surface area (Å²) in [5, 5.41) is 3.21. The third kappa shape index (κ3) is 2.85. The molecule has 3 N–H and O–H groups in total. The molecule has 0 bridgehead atoms. The predicted octanol–water partition coefficient (Wildman–Crippen LogP) is 0.852.